The average Bonchev–Trinajstić information content (AvgIpc) is 3.07. The molecule has 0 aliphatic carbocycles. The zero-order chi connectivity index (χ0) is 19.0. The fraction of sp³-hybridized carbons (Fsp3) is 0.350. The summed E-state index contributed by atoms with van der Waals surface area (Å²) in [6.45, 7) is 5.96. The van der Waals surface area contributed by atoms with E-state index in [9.17, 15) is 8.78 Å². The summed E-state index contributed by atoms with van der Waals surface area (Å²) in [5, 5.41) is 4.31. The van der Waals surface area contributed by atoms with Crippen LogP contribution in [-0.2, 0) is 19.5 Å². The SMILES string of the molecule is CCn1ncc(-c2cc(C(F)F)nc(N3CCc4ccccc4C3)n2)c1C. The van der Waals surface area contributed by atoms with Crippen molar-refractivity contribution in [2.24, 2.45) is 0 Å². The number of anilines is 1. The highest BCUT2D eigenvalue weighted by molar-refractivity contribution is 5.63. The molecule has 5 nitrogen and oxygen atoms in total. The molecule has 7 heteroatoms. The Kier molecular flexibility index (Phi) is 4.59. The van der Waals surface area contributed by atoms with Crippen molar-refractivity contribution in [1.82, 2.24) is 19.7 Å². The molecule has 4 rings (SSSR count). The van der Waals surface area contributed by atoms with E-state index in [1.807, 2.05) is 35.6 Å². The first-order valence-electron chi connectivity index (χ1n) is 9.08. The van der Waals surface area contributed by atoms with Gasteiger partial charge in [0.05, 0.1) is 11.9 Å². The summed E-state index contributed by atoms with van der Waals surface area (Å²) in [7, 11) is 0. The van der Waals surface area contributed by atoms with Crippen LogP contribution < -0.4 is 4.90 Å². The van der Waals surface area contributed by atoms with E-state index in [4.69, 9.17) is 0 Å². The smallest absolute Gasteiger partial charge is 0.280 e. The molecule has 1 aromatic carbocycles. The van der Waals surface area contributed by atoms with Crippen LogP contribution in [0.5, 0.6) is 0 Å². The lowest BCUT2D eigenvalue weighted by molar-refractivity contribution is 0.146. The quantitative estimate of drug-likeness (QED) is 0.693. The van der Waals surface area contributed by atoms with Crippen molar-refractivity contribution in [3.8, 4) is 11.3 Å². The predicted molar refractivity (Wildman–Crippen MR) is 99.8 cm³/mol. The standard InChI is InChI=1S/C20H21F2N5/c1-3-27-13(2)16(11-23-27)17-10-18(19(21)22)25-20(24-17)26-9-8-14-6-4-5-7-15(14)12-26/h4-7,10-11,19H,3,8-9,12H2,1-2H3. The molecule has 0 N–H and O–H groups in total. The van der Waals surface area contributed by atoms with Gasteiger partial charge in [-0.1, -0.05) is 24.3 Å². The summed E-state index contributed by atoms with van der Waals surface area (Å²) >= 11 is 0. The van der Waals surface area contributed by atoms with E-state index in [0.717, 1.165) is 17.7 Å². The molecule has 27 heavy (non-hydrogen) atoms. The molecule has 1 aliphatic heterocycles. The third-order valence-electron chi connectivity index (χ3n) is 5.05. The Bertz CT molecular complexity index is 967. The van der Waals surface area contributed by atoms with Gasteiger partial charge in [-0.15, -0.1) is 0 Å². The molecular formula is C20H21F2N5. The second kappa shape index (κ2) is 7.06. The van der Waals surface area contributed by atoms with E-state index in [0.29, 0.717) is 31.3 Å². The van der Waals surface area contributed by atoms with Crippen molar-refractivity contribution in [3.05, 3.63) is 59.0 Å². The summed E-state index contributed by atoms with van der Waals surface area (Å²) in [4.78, 5) is 10.7. The molecule has 1 aliphatic rings. The van der Waals surface area contributed by atoms with Crippen molar-refractivity contribution in [3.63, 3.8) is 0 Å². The highest BCUT2D eigenvalue weighted by Gasteiger charge is 2.22. The maximum atomic E-state index is 13.5. The van der Waals surface area contributed by atoms with Gasteiger partial charge in [-0.25, -0.2) is 18.7 Å². The van der Waals surface area contributed by atoms with Crippen LogP contribution >= 0.6 is 0 Å². The molecular weight excluding hydrogens is 348 g/mol. The molecule has 0 bridgehead atoms. The molecule has 3 heterocycles. The molecule has 2 aromatic heterocycles. The zero-order valence-electron chi connectivity index (χ0n) is 15.4. The van der Waals surface area contributed by atoms with Crippen LogP contribution in [0.4, 0.5) is 14.7 Å². The molecule has 0 spiro atoms. The largest absolute Gasteiger partial charge is 0.336 e. The van der Waals surface area contributed by atoms with Gasteiger partial charge in [0.25, 0.3) is 6.43 Å². The van der Waals surface area contributed by atoms with Gasteiger partial charge < -0.3 is 4.90 Å². The predicted octanol–water partition coefficient (Wildman–Crippen LogP) is 4.17. The Morgan fingerprint density at radius 1 is 1.15 bits per heavy atom. The first-order chi connectivity index (χ1) is 13.1. The van der Waals surface area contributed by atoms with Crippen LogP contribution in [0.25, 0.3) is 11.3 Å². The molecule has 0 amide bonds. The number of hydrogen-bond donors (Lipinski definition) is 0. The van der Waals surface area contributed by atoms with E-state index in [2.05, 4.69) is 27.2 Å². The normalized spacial score (nSPS) is 13.9. The van der Waals surface area contributed by atoms with Crippen molar-refractivity contribution >= 4 is 5.95 Å². The summed E-state index contributed by atoms with van der Waals surface area (Å²) in [6, 6.07) is 9.56. The van der Waals surface area contributed by atoms with Crippen molar-refractivity contribution < 1.29 is 8.78 Å². The molecule has 0 radical (unpaired) electrons. The lowest BCUT2D eigenvalue weighted by atomic mass is 10.0. The van der Waals surface area contributed by atoms with Crippen LogP contribution in [0.15, 0.2) is 36.5 Å². The number of nitrogens with zero attached hydrogens (tertiary/aromatic N) is 5. The summed E-state index contributed by atoms with van der Waals surface area (Å²) in [5.41, 5.74) is 4.39. The van der Waals surface area contributed by atoms with Gasteiger partial charge in [0.15, 0.2) is 0 Å². The number of hydrogen-bond acceptors (Lipinski definition) is 4. The zero-order valence-corrected chi connectivity index (χ0v) is 15.4. The third kappa shape index (κ3) is 3.29. The van der Waals surface area contributed by atoms with Gasteiger partial charge in [0.1, 0.15) is 5.69 Å². The van der Waals surface area contributed by atoms with Gasteiger partial charge >= 0.3 is 0 Å². The maximum absolute atomic E-state index is 13.5. The first-order valence-corrected chi connectivity index (χ1v) is 9.08. The number of aromatic nitrogens is 4. The minimum atomic E-state index is -2.65. The molecule has 3 aromatic rings. The Morgan fingerprint density at radius 3 is 2.63 bits per heavy atom. The Morgan fingerprint density at radius 2 is 1.93 bits per heavy atom. The second-order valence-corrected chi connectivity index (χ2v) is 6.68. The number of rotatable bonds is 4. The van der Waals surface area contributed by atoms with E-state index < -0.39 is 6.43 Å². The van der Waals surface area contributed by atoms with Crippen LogP contribution in [0.3, 0.4) is 0 Å². The Labute approximate surface area is 156 Å². The van der Waals surface area contributed by atoms with Crippen molar-refractivity contribution in [2.45, 2.75) is 39.8 Å². The molecule has 0 saturated carbocycles. The molecule has 0 atom stereocenters. The number of halogens is 2. The summed E-state index contributed by atoms with van der Waals surface area (Å²) in [6.07, 6.45) is -0.115. The van der Waals surface area contributed by atoms with Crippen LogP contribution in [-0.4, -0.2) is 26.3 Å². The average molecular weight is 369 g/mol. The second-order valence-electron chi connectivity index (χ2n) is 6.68. The lowest BCUT2D eigenvalue weighted by Crippen LogP contribution is -2.32. The van der Waals surface area contributed by atoms with Gasteiger partial charge in [-0.3, -0.25) is 4.68 Å². The number of fused-ring (bicyclic) bond motifs is 1. The van der Waals surface area contributed by atoms with Gasteiger partial charge in [-0.2, -0.15) is 5.10 Å². The van der Waals surface area contributed by atoms with Crippen LogP contribution in [0, 0.1) is 6.92 Å². The Hall–Kier alpha value is -2.83. The van der Waals surface area contributed by atoms with Crippen LogP contribution in [0.1, 0.15) is 35.9 Å². The van der Waals surface area contributed by atoms with Gasteiger partial charge in [-0.05, 0) is 37.5 Å². The van der Waals surface area contributed by atoms with Gasteiger partial charge in [0, 0.05) is 30.9 Å². The van der Waals surface area contributed by atoms with E-state index in [1.54, 1.807) is 6.20 Å². The van der Waals surface area contributed by atoms with Crippen molar-refractivity contribution in [1.29, 1.82) is 0 Å². The number of alkyl halides is 2. The highest BCUT2D eigenvalue weighted by Crippen LogP contribution is 2.29. The first kappa shape index (κ1) is 17.6. The van der Waals surface area contributed by atoms with E-state index in [1.165, 1.54) is 17.2 Å². The highest BCUT2D eigenvalue weighted by atomic mass is 19.3. The summed E-state index contributed by atoms with van der Waals surface area (Å²) < 4.78 is 28.8. The number of benzene rings is 1. The minimum Gasteiger partial charge on any atom is -0.336 e. The van der Waals surface area contributed by atoms with Crippen LogP contribution in [0.2, 0.25) is 0 Å². The number of aryl methyl sites for hydroxylation is 1. The maximum Gasteiger partial charge on any atom is 0.280 e. The summed E-state index contributed by atoms with van der Waals surface area (Å²) in [5.74, 6) is 0.348. The topological polar surface area (TPSA) is 46.8 Å². The Balaban J connectivity index is 1.75. The minimum absolute atomic E-state index is 0.252. The molecule has 0 fully saturated rings. The van der Waals surface area contributed by atoms with E-state index in [-0.39, 0.29) is 5.69 Å². The van der Waals surface area contributed by atoms with Gasteiger partial charge in [0.2, 0.25) is 5.95 Å². The third-order valence-corrected chi connectivity index (χ3v) is 5.05. The van der Waals surface area contributed by atoms with E-state index >= 15 is 0 Å². The van der Waals surface area contributed by atoms with Crippen molar-refractivity contribution in [2.75, 3.05) is 11.4 Å². The fourth-order valence-electron chi connectivity index (χ4n) is 3.53. The fourth-order valence-corrected chi connectivity index (χ4v) is 3.53. The monoisotopic (exact) mass is 369 g/mol. The molecule has 140 valence electrons. The lowest BCUT2D eigenvalue weighted by Gasteiger charge is -2.29. The molecule has 0 unspecified atom stereocenters. The molecule has 0 saturated heterocycles.